The van der Waals surface area contributed by atoms with Crippen molar-refractivity contribution in [2.45, 2.75) is 33.6 Å². The highest BCUT2D eigenvalue weighted by atomic mass is 16.3. The van der Waals surface area contributed by atoms with E-state index in [1.165, 1.54) is 5.56 Å². The smallest absolute Gasteiger partial charge is 0.255 e. The van der Waals surface area contributed by atoms with Gasteiger partial charge in [0.25, 0.3) is 5.91 Å². The van der Waals surface area contributed by atoms with Gasteiger partial charge < -0.3 is 14.6 Å². The second-order valence-electron chi connectivity index (χ2n) is 6.90. The number of hydrogen-bond donors (Lipinski definition) is 1. The van der Waals surface area contributed by atoms with Gasteiger partial charge in [0.15, 0.2) is 0 Å². The van der Waals surface area contributed by atoms with E-state index < -0.39 is 0 Å². The predicted molar refractivity (Wildman–Crippen MR) is 95.7 cm³/mol. The Labute approximate surface area is 143 Å². The minimum absolute atomic E-state index is 0.0835. The fourth-order valence-electron chi connectivity index (χ4n) is 3.71. The monoisotopic (exact) mass is 326 g/mol. The van der Waals surface area contributed by atoms with Gasteiger partial charge >= 0.3 is 0 Å². The van der Waals surface area contributed by atoms with Crippen molar-refractivity contribution in [3.05, 3.63) is 52.8 Å². The molecular weight excluding hydrogens is 300 g/mol. The molecule has 2 heterocycles. The minimum atomic E-state index is 0.0835. The van der Waals surface area contributed by atoms with Crippen LogP contribution in [0.1, 0.15) is 40.2 Å². The lowest BCUT2D eigenvalue weighted by Crippen LogP contribution is -2.41. The molecular formula is C20H26N2O2. The second-order valence-corrected chi connectivity index (χ2v) is 6.90. The number of carbonyl (C=O) groups is 1. The Morgan fingerprint density at radius 2 is 2.04 bits per heavy atom. The van der Waals surface area contributed by atoms with E-state index in [9.17, 15) is 9.90 Å². The topological polar surface area (TPSA) is 45.5 Å². The first kappa shape index (κ1) is 16.8. The van der Waals surface area contributed by atoms with Crippen molar-refractivity contribution in [3.63, 3.8) is 0 Å². The third-order valence-electron chi connectivity index (χ3n) is 4.99. The number of aliphatic hydroxyl groups is 1. The van der Waals surface area contributed by atoms with Gasteiger partial charge in [0.05, 0.1) is 5.56 Å². The second kappa shape index (κ2) is 6.81. The molecule has 1 fully saturated rings. The number of aryl methyl sites for hydroxylation is 2. The maximum atomic E-state index is 13.0. The van der Waals surface area contributed by atoms with Crippen molar-refractivity contribution in [1.29, 1.82) is 0 Å². The molecule has 0 radical (unpaired) electrons. The molecule has 0 bridgehead atoms. The molecule has 1 unspecified atom stereocenters. The molecule has 1 amide bonds. The summed E-state index contributed by atoms with van der Waals surface area (Å²) in [4.78, 5) is 14.9. The predicted octanol–water partition coefficient (Wildman–Crippen LogP) is 3.25. The van der Waals surface area contributed by atoms with Crippen LogP contribution in [0.5, 0.6) is 0 Å². The Kier molecular flexibility index (Phi) is 4.76. The van der Waals surface area contributed by atoms with Gasteiger partial charge in [-0.15, -0.1) is 0 Å². The van der Waals surface area contributed by atoms with Gasteiger partial charge in [0.2, 0.25) is 0 Å². The maximum Gasteiger partial charge on any atom is 0.255 e. The van der Waals surface area contributed by atoms with Crippen LogP contribution in [-0.4, -0.2) is 40.2 Å². The van der Waals surface area contributed by atoms with E-state index in [4.69, 9.17) is 0 Å². The summed E-state index contributed by atoms with van der Waals surface area (Å²) in [6.07, 6.45) is 1.97. The average Bonchev–Trinajstić information content (AvgIpc) is 2.88. The molecule has 0 spiro atoms. The van der Waals surface area contributed by atoms with Gasteiger partial charge in [0.1, 0.15) is 0 Å². The molecule has 4 nitrogen and oxygen atoms in total. The van der Waals surface area contributed by atoms with Gasteiger partial charge in [-0.25, -0.2) is 0 Å². The minimum Gasteiger partial charge on any atom is -0.396 e. The molecule has 1 saturated heterocycles. The fourth-order valence-corrected chi connectivity index (χ4v) is 3.71. The standard InChI is InChI=1S/C20H26N2O2/c1-14-6-4-8-18(10-14)22-15(2)11-19(16(22)3)20(24)21-9-5-7-17(12-21)13-23/h4,6,8,10-11,17,23H,5,7,9,12-13H2,1-3H3. The summed E-state index contributed by atoms with van der Waals surface area (Å²) >= 11 is 0. The molecule has 0 aliphatic carbocycles. The highest BCUT2D eigenvalue weighted by Gasteiger charge is 2.26. The van der Waals surface area contributed by atoms with E-state index in [1.54, 1.807) is 0 Å². The summed E-state index contributed by atoms with van der Waals surface area (Å²) < 4.78 is 2.15. The molecule has 1 aliphatic rings. The quantitative estimate of drug-likeness (QED) is 0.941. The highest BCUT2D eigenvalue weighted by Crippen LogP contribution is 2.25. The number of hydrogen-bond acceptors (Lipinski definition) is 2. The lowest BCUT2D eigenvalue weighted by molar-refractivity contribution is 0.0620. The number of piperidine rings is 1. The number of nitrogens with zero attached hydrogens (tertiary/aromatic N) is 2. The van der Waals surface area contributed by atoms with Crippen molar-refractivity contribution < 1.29 is 9.90 Å². The van der Waals surface area contributed by atoms with Gasteiger partial charge in [-0.1, -0.05) is 12.1 Å². The summed E-state index contributed by atoms with van der Waals surface area (Å²) in [5.41, 5.74) is 5.12. The number of carbonyl (C=O) groups excluding carboxylic acids is 1. The Morgan fingerprint density at radius 3 is 2.75 bits per heavy atom. The Morgan fingerprint density at radius 1 is 1.25 bits per heavy atom. The van der Waals surface area contributed by atoms with Crippen molar-refractivity contribution in [2.24, 2.45) is 5.92 Å². The van der Waals surface area contributed by atoms with Crippen LogP contribution in [0.3, 0.4) is 0 Å². The molecule has 4 heteroatoms. The average molecular weight is 326 g/mol. The highest BCUT2D eigenvalue weighted by molar-refractivity contribution is 5.96. The lowest BCUT2D eigenvalue weighted by Gasteiger charge is -2.31. The Hall–Kier alpha value is -2.07. The number of benzene rings is 1. The molecule has 1 atom stereocenters. The summed E-state index contributed by atoms with van der Waals surface area (Å²) in [5.74, 6) is 0.295. The van der Waals surface area contributed by atoms with Gasteiger partial charge in [-0.05, 0) is 63.3 Å². The van der Waals surface area contributed by atoms with Gasteiger partial charge in [0, 0.05) is 36.8 Å². The zero-order valence-electron chi connectivity index (χ0n) is 14.7. The summed E-state index contributed by atoms with van der Waals surface area (Å²) in [5, 5.41) is 9.40. The normalized spacial score (nSPS) is 18.0. The molecule has 24 heavy (non-hydrogen) atoms. The molecule has 3 rings (SSSR count). The van der Waals surface area contributed by atoms with E-state index in [-0.39, 0.29) is 18.4 Å². The Balaban J connectivity index is 1.92. The largest absolute Gasteiger partial charge is 0.396 e. The third kappa shape index (κ3) is 3.11. The van der Waals surface area contributed by atoms with Crippen molar-refractivity contribution >= 4 is 5.91 Å². The molecule has 1 aromatic carbocycles. The Bertz CT molecular complexity index is 748. The molecule has 2 aromatic rings. The maximum absolute atomic E-state index is 13.0. The number of likely N-dealkylation sites (tertiary alicyclic amines) is 1. The van der Waals surface area contributed by atoms with E-state index in [2.05, 4.69) is 29.7 Å². The SMILES string of the molecule is Cc1cccc(-n2c(C)cc(C(=O)N3CCCC(CO)C3)c2C)c1. The summed E-state index contributed by atoms with van der Waals surface area (Å²) in [6, 6.07) is 10.3. The summed E-state index contributed by atoms with van der Waals surface area (Å²) in [6.45, 7) is 7.72. The van der Waals surface area contributed by atoms with Crippen molar-refractivity contribution in [1.82, 2.24) is 9.47 Å². The van der Waals surface area contributed by atoms with Crippen LogP contribution in [0.25, 0.3) is 5.69 Å². The molecule has 1 aliphatic heterocycles. The molecule has 1 aromatic heterocycles. The molecule has 128 valence electrons. The van der Waals surface area contributed by atoms with E-state index in [0.29, 0.717) is 6.54 Å². The first-order chi connectivity index (χ1) is 11.5. The van der Waals surface area contributed by atoms with E-state index in [1.807, 2.05) is 30.9 Å². The van der Waals surface area contributed by atoms with Crippen molar-refractivity contribution in [3.8, 4) is 5.69 Å². The van der Waals surface area contributed by atoms with Crippen LogP contribution in [0.2, 0.25) is 0 Å². The van der Waals surface area contributed by atoms with Gasteiger partial charge in [-0.2, -0.15) is 0 Å². The first-order valence-electron chi connectivity index (χ1n) is 8.67. The number of rotatable bonds is 3. The molecule has 1 N–H and O–H groups in total. The van der Waals surface area contributed by atoms with E-state index >= 15 is 0 Å². The van der Waals surface area contributed by atoms with Crippen LogP contribution in [-0.2, 0) is 0 Å². The summed E-state index contributed by atoms with van der Waals surface area (Å²) in [7, 11) is 0. The number of aliphatic hydroxyl groups excluding tert-OH is 1. The van der Waals surface area contributed by atoms with E-state index in [0.717, 1.165) is 42.0 Å². The lowest BCUT2D eigenvalue weighted by atomic mass is 9.98. The fraction of sp³-hybridized carbons (Fsp3) is 0.450. The zero-order valence-corrected chi connectivity index (χ0v) is 14.7. The first-order valence-corrected chi connectivity index (χ1v) is 8.67. The number of amides is 1. The van der Waals surface area contributed by atoms with Crippen LogP contribution in [0.4, 0.5) is 0 Å². The molecule has 0 saturated carbocycles. The van der Waals surface area contributed by atoms with Crippen LogP contribution in [0.15, 0.2) is 30.3 Å². The van der Waals surface area contributed by atoms with Gasteiger partial charge in [-0.3, -0.25) is 4.79 Å². The zero-order chi connectivity index (χ0) is 17.3. The number of aromatic nitrogens is 1. The third-order valence-corrected chi connectivity index (χ3v) is 4.99. The van der Waals surface area contributed by atoms with Crippen LogP contribution in [0, 0.1) is 26.7 Å². The van der Waals surface area contributed by atoms with Crippen LogP contribution >= 0.6 is 0 Å². The van der Waals surface area contributed by atoms with Crippen LogP contribution < -0.4 is 0 Å². The van der Waals surface area contributed by atoms with Crippen molar-refractivity contribution in [2.75, 3.05) is 19.7 Å².